The Labute approximate surface area is 169 Å². The zero-order valence-corrected chi connectivity index (χ0v) is 16.4. The number of hydrogen-bond donors (Lipinski definition) is 1. The van der Waals surface area contributed by atoms with Gasteiger partial charge >= 0.3 is 17.9 Å². The lowest BCUT2D eigenvalue weighted by atomic mass is 9.81. The van der Waals surface area contributed by atoms with E-state index in [2.05, 4.69) is 5.32 Å². The van der Waals surface area contributed by atoms with E-state index < -0.39 is 17.9 Å². The average Bonchev–Trinajstić information content (AvgIpc) is 3.62. The van der Waals surface area contributed by atoms with Crippen LogP contribution < -0.4 is 15.0 Å². The number of anilines is 2. The van der Waals surface area contributed by atoms with Gasteiger partial charge in [-0.2, -0.15) is 0 Å². The van der Waals surface area contributed by atoms with Gasteiger partial charge < -0.3 is 19.7 Å². The summed E-state index contributed by atoms with van der Waals surface area (Å²) in [7, 11) is 1.51. The highest BCUT2D eigenvalue weighted by Crippen LogP contribution is 2.52. The van der Waals surface area contributed by atoms with Crippen molar-refractivity contribution in [2.75, 3.05) is 37.0 Å². The Hall–Kier alpha value is -2.77. The topological polar surface area (TPSA) is 88.2 Å². The molecule has 3 amide bonds. The van der Waals surface area contributed by atoms with Crippen LogP contribution in [0.5, 0.6) is 5.75 Å². The third kappa shape index (κ3) is 3.30. The molecular formula is C21H25N3O5. The first-order chi connectivity index (χ1) is 14.1. The van der Waals surface area contributed by atoms with Crippen LogP contribution in [0.1, 0.15) is 25.7 Å². The molecule has 1 N–H and O–H groups in total. The molecule has 2 heterocycles. The van der Waals surface area contributed by atoms with E-state index in [0.717, 1.165) is 18.8 Å². The molecule has 4 aliphatic rings. The third-order valence-electron chi connectivity index (χ3n) is 6.48. The predicted octanol–water partition coefficient (Wildman–Crippen LogP) is 2.24. The molecule has 2 atom stereocenters. The van der Waals surface area contributed by atoms with Gasteiger partial charge in [0.1, 0.15) is 12.4 Å². The Kier molecular flexibility index (Phi) is 4.37. The van der Waals surface area contributed by atoms with Gasteiger partial charge in [0.25, 0.3) is 0 Å². The summed E-state index contributed by atoms with van der Waals surface area (Å²) in [6.07, 6.45) is 4.38. The maximum atomic E-state index is 12.8. The number of amides is 3. The second kappa shape index (κ2) is 6.93. The highest BCUT2D eigenvalue weighted by atomic mass is 16.6. The second-order valence-electron chi connectivity index (χ2n) is 8.39. The molecule has 1 aromatic rings. The van der Waals surface area contributed by atoms with Crippen molar-refractivity contribution in [3.63, 3.8) is 0 Å². The van der Waals surface area contributed by atoms with E-state index >= 15 is 0 Å². The van der Waals surface area contributed by atoms with Crippen molar-refractivity contribution in [1.82, 2.24) is 4.90 Å². The number of nitrogens with one attached hydrogen (secondary N) is 1. The van der Waals surface area contributed by atoms with Crippen LogP contribution in [0.4, 0.5) is 16.2 Å². The minimum Gasteiger partial charge on any atom is -0.495 e. The standard InChI is InChI=1S/C21H25N3O5/c1-28-17-7-6-14(10-16(17)23-8-9-29-21(23)27)22-19(25)20(26)24-11-15(12-2-3-12)18(24)13-4-5-13/h6-7,10,12-13,15,18H,2-5,8-9,11H2,1H3,(H,22,25). The van der Waals surface area contributed by atoms with Gasteiger partial charge in [-0.1, -0.05) is 0 Å². The van der Waals surface area contributed by atoms with E-state index in [4.69, 9.17) is 9.47 Å². The zero-order chi connectivity index (χ0) is 20.1. The lowest BCUT2D eigenvalue weighted by Crippen LogP contribution is -2.62. The molecule has 154 valence electrons. The number of hydrogen-bond acceptors (Lipinski definition) is 5. The molecule has 1 aromatic carbocycles. The van der Waals surface area contributed by atoms with Crippen molar-refractivity contribution >= 4 is 29.3 Å². The van der Waals surface area contributed by atoms with Gasteiger partial charge in [0.05, 0.1) is 19.3 Å². The van der Waals surface area contributed by atoms with Crippen molar-refractivity contribution in [2.45, 2.75) is 31.7 Å². The van der Waals surface area contributed by atoms with E-state index in [1.165, 1.54) is 24.9 Å². The highest BCUT2D eigenvalue weighted by molar-refractivity contribution is 6.39. The average molecular weight is 399 g/mol. The minimum absolute atomic E-state index is 0.242. The van der Waals surface area contributed by atoms with Gasteiger partial charge in [-0.3, -0.25) is 14.5 Å². The van der Waals surface area contributed by atoms with Crippen molar-refractivity contribution in [3.05, 3.63) is 18.2 Å². The summed E-state index contributed by atoms with van der Waals surface area (Å²) in [6.45, 7) is 1.41. The van der Waals surface area contributed by atoms with Crippen LogP contribution in [0.3, 0.4) is 0 Å². The second-order valence-corrected chi connectivity index (χ2v) is 8.39. The fourth-order valence-corrected chi connectivity index (χ4v) is 4.67. The van der Waals surface area contributed by atoms with E-state index in [-0.39, 0.29) is 6.04 Å². The number of likely N-dealkylation sites (tertiary alicyclic amines) is 1. The first kappa shape index (κ1) is 18.3. The number of methoxy groups -OCH3 is 1. The lowest BCUT2D eigenvalue weighted by molar-refractivity contribution is -0.154. The monoisotopic (exact) mass is 399 g/mol. The van der Waals surface area contributed by atoms with Crippen LogP contribution in [0.25, 0.3) is 0 Å². The molecule has 4 fully saturated rings. The Morgan fingerprint density at radius 1 is 1.17 bits per heavy atom. The summed E-state index contributed by atoms with van der Waals surface area (Å²) in [5.41, 5.74) is 0.954. The first-order valence-corrected chi connectivity index (χ1v) is 10.3. The van der Waals surface area contributed by atoms with Crippen LogP contribution in [-0.2, 0) is 14.3 Å². The maximum absolute atomic E-state index is 12.8. The van der Waals surface area contributed by atoms with Crippen molar-refractivity contribution in [3.8, 4) is 5.75 Å². The van der Waals surface area contributed by atoms with Gasteiger partial charge in [-0.15, -0.1) is 0 Å². The van der Waals surface area contributed by atoms with E-state index in [9.17, 15) is 14.4 Å². The van der Waals surface area contributed by atoms with Crippen LogP contribution >= 0.6 is 0 Å². The minimum atomic E-state index is -0.634. The zero-order valence-electron chi connectivity index (χ0n) is 16.4. The number of carbonyl (C=O) groups is 3. The highest BCUT2D eigenvalue weighted by Gasteiger charge is 2.55. The quantitative estimate of drug-likeness (QED) is 0.767. The molecule has 2 aliphatic heterocycles. The Morgan fingerprint density at radius 3 is 2.55 bits per heavy atom. The first-order valence-electron chi connectivity index (χ1n) is 10.3. The summed E-state index contributed by atoms with van der Waals surface area (Å²) in [6, 6.07) is 5.21. The normalized spacial score (nSPS) is 26.0. The number of nitrogens with zero attached hydrogens (tertiary/aromatic N) is 2. The molecule has 8 heteroatoms. The molecule has 0 radical (unpaired) electrons. The van der Waals surface area contributed by atoms with Gasteiger partial charge in [-0.05, 0) is 55.7 Å². The third-order valence-corrected chi connectivity index (χ3v) is 6.48. The fraction of sp³-hybridized carbons (Fsp3) is 0.571. The summed E-state index contributed by atoms with van der Waals surface area (Å²) < 4.78 is 10.3. The molecule has 8 nitrogen and oxygen atoms in total. The number of cyclic esters (lactones) is 1. The lowest BCUT2D eigenvalue weighted by Gasteiger charge is -2.48. The summed E-state index contributed by atoms with van der Waals surface area (Å²) in [5, 5.41) is 2.70. The summed E-state index contributed by atoms with van der Waals surface area (Å²) >= 11 is 0. The van der Waals surface area contributed by atoms with E-state index in [1.54, 1.807) is 23.1 Å². The molecule has 2 saturated carbocycles. The molecule has 0 bridgehead atoms. The SMILES string of the molecule is COc1ccc(NC(=O)C(=O)N2CC(C3CC3)C2C2CC2)cc1N1CCOC1=O. The van der Waals surface area contributed by atoms with Crippen molar-refractivity contribution in [1.29, 1.82) is 0 Å². The molecule has 2 saturated heterocycles. The van der Waals surface area contributed by atoms with E-state index in [1.807, 2.05) is 0 Å². The maximum Gasteiger partial charge on any atom is 0.414 e. The summed E-state index contributed by atoms with van der Waals surface area (Å²) in [5.74, 6) is 1.30. The van der Waals surface area contributed by atoms with E-state index in [0.29, 0.717) is 48.7 Å². The predicted molar refractivity (Wildman–Crippen MR) is 105 cm³/mol. The summed E-state index contributed by atoms with van der Waals surface area (Å²) in [4.78, 5) is 40.6. The molecule has 2 aliphatic carbocycles. The van der Waals surface area contributed by atoms with Gasteiger partial charge in [0, 0.05) is 24.2 Å². The number of benzene rings is 1. The molecule has 2 unspecified atom stereocenters. The number of rotatable bonds is 5. The van der Waals surface area contributed by atoms with Crippen LogP contribution in [0, 0.1) is 17.8 Å². The number of ether oxygens (including phenoxy) is 2. The largest absolute Gasteiger partial charge is 0.495 e. The fourth-order valence-electron chi connectivity index (χ4n) is 4.67. The molecule has 29 heavy (non-hydrogen) atoms. The number of carbonyl (C=O) groups excluding carboxylic acids is 3. The van der Waals surface area contributed by atoms with Crippen LogP contribution in [0.2, 0.25) is 0 Å². The Morgan fingerprint density at radius 2 is 1.93 bits per heavy atom. The van der Waals surface area contributed by atoms with Gasteiger partial charge in [-0.25, -0.2) is 4.79 Å². The Bertz CT molecular complexity index is 864. The molecule has 0 aromatic heterocycles. The molecule has 0 spiro atoms. The smallest absolute Gasteiger partial charge is 0.414 e. The van der Waals surface area contributed by atoms with Crippen molar-refractivity contribution in [2.24, 2.45) is 17.8 Å². The molecular weight excluding hydrogens is 374 g/mol. The molecule has 5 rings (SSSR count). The van der Waals surface area contributed by atoms with Crippen LogP contribution in [0.15, 0.2) is 18.2 Å². The van der Waals surface area contributed by atoms with Gasteiger partial charge in [0.2, 0.25) is 0 Å². The van der Waals surface area contributed by atoms with Gasteiger partial charge in [0.15, 0.2) is 0 Å². The van der Waals surface area contributed by atoms with Crippen LogP contribution in [-0.4, -0.2) is 55.7 Å². The Balaban J connectivity index is 1.29. The van der Waals surface area contributed by atoms with Crippen molar-refractivity contribution < 1.29 is 23.9 Å².